The molecule has 0 aliphatic heterocycles. The molecule has 0 saturated heterocycles. The van der Waals surface area contributed by atoms with E-state index in [0.717, 1.165) is 0 Å². The lowest BCUT2D eigenvalue weighted by molar-refractivity contribution is -0.385. The second-order valence-electron chi connectivity index (χ2n) is 5.47. The van der Waals surface area contributed by atoms with E-state index in [-0.39, 0.29) is 17.5 Å². The number of carbonyl (C=O) groups excluding carboxylic acids is 1. The van der Waals surface area contributed by atoms with E-state index in [1.165, 1.54) is 6.07 Å². The highest BCUT2D eigenvalue weighted by molar-refractivity contribution is 5.80. The predicted molar refractivity (Wildman–Crippen MR) is 78.3 cm³/mol. The molecule has 118 valence electrons. The van der Waals surface area contributed by atoms with Crippen LogP contribution >= 0.6 is 0 Å². The summed E-state index contributed by atoms with van der Waals surface area (Å²) in [6.45, 7) is 0.303. The highest BCUT2D eigenvalue weighted by Crippen LogP contribution is 2.31. The number of hydrogen-bond acceptors (Lipinski definition) is 4. The van der Waals surface area contributed by atoms with Crippen LogP contribution in [-0.4, -0.2) is 28.5 Å². The zero-order chi connectivity index (χ0) is 16.1. The summed E-state index contributed by atoms with van der Waals surface area (Å²) in [5.74, 6) is -1.73. The molecule has 7 heteroatoms. The Balaban J connectivity index is 1.83. The molecule has 0 radical (unpaired) electrons. The van der Waals surface area contributed by atoms with E-state index >= 15 is 0 Å². The quantitative estimate of drug-likeness (QED) is 0.614. The number of nitrogens with one attached hydrogen (secondary N) is 1. The average Bonchev–Trinajstić information content (AvgIpc) is 2.97. The van der Waals surface area contributed by atoms with Crippen molar-refractivity contribution in [3.05, 3.63) is 39.9 Å². The fraction of sp³-hybridized carbons (Fsp3) is 0.467. The van der Waals surface area contributed by atoms with Gasteiger partial charge in [-0.3, -0.25) is 19.7 Å². The lowest BCUT2D eigenvalue weighted by Gasteiger charge is -2.10. The van der Waals surface area contributed by atoms with Crippen molar-refractivity contribution in [2.24, 2.45) is 11.8 Å². The first-order valence-electron chi connectivity index (χ1n) is 7.22. The molecule has 7 nitrogen and oxygen atoms in total. The van der Waals surface area contributed by atoms with Gasteiger partial charge in [0.1, 0.15) is 0 Å². The number of benzene rings is 1. The normalized spacial score (nSPS) is 20.5. The van der Waals surface area contributed by atoms with Crippen molar-refractivity contribution in [1.29, 1.82) is 0 Å². The second-order valence-corrected chi connectivity index (χ2v) is 5.47. The molecule has 1 aliphatic carbocycles. The maximum atomic E-state index is 12.0. The molecular formula is C15H18N2O5. The number of nitro benzene ring substituents is 1. The van der Waals surface area contributed by atoms with E-state index in [1.807, 2.05) is 0 Å². The molecule has 0 unspecified atom stereocenters. The molecule has 2 atom stereocenters. The number of carboxylic acid groups (broad SMARTS) is 1. The summed E-state index contributed by atoms with van der Waals surface area (Å²) < 4.78 is 0. The predicted octanol–water partition coefficient (Wildman–Crippen LogP) is 1.75. The monoisotopic (exact) mass is 306 g/mol. The summed E-state index contributed by atoms with van der Waals surface area (Å²) >= 11 is 0. The van der Waals surface area contributed by atoms with Crippen molar-refractivity contribution in [2.75, 3.05) is 6.54 Å². The van der Waals surface area contributed by atoms with Crippen LogP contribution in [0.1, 0.15) is 24.8 Å². The van der Waals surface area contributed by atoms with Gasteiger partial charge in [0.05, 0.1) is 10.8 Å². The zero-order valence-electron chi connectivity index (χ0n) is 12.0. The van der Waals surface area contributed by atoms with Crippen molar-refractivity contribution < 1.29 is 19.6 Å². The number of rotatable bonds is 6. The third-order valence-corrected chi connectivity index (χ3v) is 4.03. The van der Waals surface area contributed by atoms with Crippen molar-refractivity contribution in [3.63, 3.8) is 0 Å². The topological polar surface area (TPSA) is 110 Å². The second kappa shape index (κ2) is 7.02. The molecule has 2 rings (SSSR count). The van der Waals surface area contributed by atoms with E-state index < -0.39 is 16.8 Å². The number of aliphatic carboxylic acids is 1. The molecule has 0 bridgehead atoms. The minimum Gasteiger partial charge on any atom is -0.481 e. The third-order valence-electron chi connectivity index (χ3n) is 4.03. The summed E-state index contributed by atoms with van der Waals surface area (Å²) in [6, 6.07) is 6.43. The number of para-hydroxylation sites is 1. The number of amides is 1. The Morgan fingerprint density at radius 2 is 1.95 bits per heavy atom. The van der Waals surface area contributed by atoms with E-state index in [9.17, 15) is 19.7 Å². The van der Waals surface area contributed by atoms with Gasteiger partial charge in [0.15, 0.2) is 0 Å². The average molecular weight is 306 g/mol. The van der Waals surface area contributed by atoms with Gasteiger partial charge in [0.2, 0.25) is 5.91 Å². The van der Waals surface area contributed by atoms with Gasteiger partial charge in [-0.1, -0.05) is 18.2 Å². The molecule has 1 aliphatic rings. The molecule has 1 aromatic rings. The van der Waals surface area contributed by atoms with Gasteiger partial charge in [-0.2, -0.15) is 0 Å². The number of nitrogens with zero attached hydrogens (tertiary/aromatic N) is 1. The molecule has 22 heavy (non-hydrogen) atoms. The lowest BCUT2D eigenvalue weighted by atomic mass is 10.0. The number of carbonyl (C=O) groups is 2. The summed E-state index contributed by atoms with van der Waals surface area (Å²) in [4.78, 5) is 33.3. The summed E-state index contributed by atoms with van der Waals surface area (Å²) in [5, 5.41) is 22.6. The maximum absolute atomic E-state index is 12.0. The van der Waals surface area contributed by atoms with Crippen LogP contribution < -0.4 is 5.32 Å². The first kappa shape index (κ1) is 15.9. The first-order chi connectivity index (χ1) is 10.5. The largest absolute Gasteiger partial charge is 0.481 e. The van der Waals surface area contributed by atoms with Gasteiger partial charge in [-0.25, -0.2) is 0 Å². The van der Waals surface area contributed by atoms with Crippen LogP contribution in [0.3, 0.4) is 0 Å². The van der Waals surface area contributed by atoms with Crippen LogP contribution in [0.15, 0.2) is 24.3 Å². The smallest absolute Gasteiger partial charge is 0.306 e. The third kappa shape index (κ3) is 3.81. The van der Waals surface area contributed by atoms with Gasteiger partial charge in [-0.15, -0.1) is 0 Å². The number of carboxylic acids is 1. The standard InChI is InChI=1S/C15H18N2O5/c18-14(11-5-6-12(9-11)15(19)20)16-8-7-10-3-1-2-4-13(10)17(21)22/h1-4,11-12H,5-9H2,(H,16,18)(H,19,20)/t11-,12+/m0/s1. The van der Waals surface area contributed by atoms with Crippen LogP contribution in [0.5, 0.6) is 0 Å². The minimum atomic E-state index is -0.852. The van der Waals surface area contributed by atoms with Gasteiger partial charge < -0.3 is 10.4 Å². The van der Waals surface area contributed by atoms with Crippen LogP contribution in [-0.2, 0) is 16.0 Å². The zero-order valence-corrected chi connectivity index (χ0v) is 12.0. The van der Waals surface area contributed by atoms with Gasteiger partial charge in [-0.05, 0) is 25.7 Å². The highest BCUT2D eigenvalue weighted by atomic mass is 16.6. The highest BCUT2D eigenvalue weighted by Gasteiger charge is 2.33. The van der Waals surface area contributed by atoms with Crippen LogP contribution in [0, 0.1) is 22.0 Å². The van der Waals surface area contributed by atoms with E-state index in [4.69, 9.17) is 5.11 Å². The summed E-state index contributed by atoms with van der Waals surface area (Å²) in [5.41, 5.74) is 0.617. The van der Waals surface area contributed by atoms with Crippen molar-refractivity contribution >= 4 is 17.6 Å². The molecule has 1 amide bonds. The van der Waals surface area contributed by atoms with Crippen molar-refractivity contribution in [1.82, 2.24) is 5.32 Å². The SMILES string of the molecule is O=C(O)[C@@H]1CC[C@H](C(=O)NCCc2ccccc2[N+](=O)[O-])C1. The molecular weight excluding hydrogens is 288 g/mol. The van der Waals surface area contributed by atoms with Gasteiger partial charge >= 0.3 is 5.97 Å². The Bertz CT molecular complexity index is 587. The molecule has 2 N–H and O–H groups in total. The molecule has 0 heterocycles. The maximum Gasteiger partial charge on any atom is 0.306 e. The Kier molecular flexibility index (Phi) is 5.08. The van der Waals surface area contributed by atoms with E-state index in [2.05, 4.69) is 5.32 Å². The molecule has 1 aromatic carbocycles. The Hall–Kier alpha value is -2.44. The number of hydrogen-bond donors (Lipinski definition) is 2. The summed E-state index contributed by atoms with van der Waals surface area (Å²) in [6.07, 6.45) is 1.84. The fourth-order valence-corrected chi connectivity index (χ4v) is 2.81. The Labute approximate surface area is 127 Å². The first-order valence-corrected chi connectivity index (χ1v) is 7.22. The molecule has 1 saturated carbocycles. The molecule has 0 spiro atoms. The van der Waals surface area contributed by atoms with Crippen LogP contribution in [0.2, 0.25) is 0 Å². The van der Waals surface area contributed by atoms with Crippen molar-refractivity contribution in [3.8, 4) is 0 Å². The van der Waals surface area contributed by atoms with Crippen molar-refractivity contribution in [2.45, 2.75) is 25.7 Å². The molecule has 0 aromatic heterocycles. The van der Waals surface area contributed by atoms with E-state index in [0.29, 0.717) is 37.8 Å². The van der Waals surface area contributed by atoms with Crippen LogP contribution in [0.25, 0.3) is 0 Å². The van der Waals surface area contributed by atoms with Gasteiger partial charge in [0.25, 0.3) is 5.69 Å². The minimum absolute atomic E-state index is 0.0450. The Morgan fingerprint density at radius 1 is 1.27 bits per heavy atom. The van der Waals surface area contributed by atoms with Crippen LogP contribution in [0.4, 0.5) is 5.69 Å². The molecule has 1 fully saturated rings. The Morgan fingerprint density at radius 3 is 2.59 bits per heavy atom. The summed E-state index contributed by atoms with van der Waals surface area (Å²) in [7, 11) is 0. The lowest BCUT2D eigenvalue weighted by Crippen LogP contribution is -2.31. The fourth-order valence-electron chi connectivity index (χ4n) is 2.81. The van der Waals surface area contributed by atoms with Gasteiger partial charge in [0, 0.05) is 24.1 Å². The number of nitro groups is 1. The van der Waals surface area contributed by atoms with E-state index in [1.54, 1.807) is 18.2 Å².